The molecule has 0 spiro atoms. The lowest BCUT2D eigenvalue weighted by molar-refractivity contribution is -0.146. The molecule has 6 nitrogen and oxygen atoms in total. The molecule has 0 aliphatic rings. The van der Waals surface area contributed by atoms with Gasteiger partial charge >= 0.3 is 6.18 Å². The van der Waals surface area contributed by atoms with Gasteiger partial charge in [-0.2, -0.15) is 17.7 Å². The first-order valence-electron chi connectivity index (χ1n) is 6.24. The van der Waals surface area contributed by atoms with Crippen LogP contribution in [0, 0.1) is 0 Å². The van der Waals surface area contributed by atoms with E-state index in [2.05, 4.69) is 20.6 Å². The van der Waals surface area contributed by atoms with Gasteiger partial charge in [0.15, 0.2) is 11.5 Å². The molecule has 0 unspecified atom stereocenters. The van der Waals surface area contributed by atoms with E-state index in [1.54, 1.807) is 24.3 Å². The molecular weight excluding hydrogens is 299 g/mol. The average Bonchev–Trinajstić information content (AvgIpc) is 2.90. The lowest BCUT2D eigenvalue weighted by Gasteiger charge is -2.08. The Morgan fingerprint density at radius 1 is 1.14 bits per heavy atom. The van der Waals surface area contributed by atoms with Crippen molar-refractivity contribution in [2.24, 2.45) is 0 Å². The van der Waals surface area contributed by atoms with Gasteiger partial charge in [0.25, 0.3) is 5.82 Å². The zero-order valence-corrected chi connectivity index (χ0v) is 11.0. The predicted octanol–water partition coefficient (Wildman–Crippen LogP) is 2.38. The maximum atomic E-state index is 12.8. The van der Waals surface area contributed by atoms with Crippen LogP contribution in [0.15, 0.2) is 36.4 Å². The van der Waals surface area contributed by atoms with Gasteiger partial charge in [0.05, 0.1) is 6.61 Å². The molecule has 3 aromatic rings. The van der Waals surface area contributed by atoms with E-state index < -0.39 is 12.0 Å². The number of nitrogens with one attached hydrogen (secondary N) is 1. The number of hydrogen-bond donors (Lipinski definition) is 2. The largest absolute Gasteiger partial charge is 0.453 e. The number of hydrogen-bond acceptors (Lipinski definition) is 5. The molecule has 2 heterocycles. The number of aliphatic hydroxyl groups is 1. The van der Waals surface area contributed by atoms with Crippen LogP contribution in [0.25, 0.3) is 5.65 Å². The quantitative estimate of drug-likeness (QED) is 0.777. The number of alkyl halides is 3. The van der Waals surface area contributed by atoms with Crippen molar-refractivity contribution in [2.75, 3.05) is 5.32 Å². The summed E-state index contributed by atoms with van der Waals surface area (Å²) in [5, 5.41) is 22.3. The molecule has 0 radical (unpaired) electrons. The second kappa shape index (κ2) is 5.26. The number of fused-ring (bicyclic) bond motifs is 1. The lowest BCUT2D eigenvalue weighted by atomic mass is 10.2. The fourth-order valence-electron chi connectivity index (χ4n) is 1.93. The first-order chi connectivity index (χ1) is 10.5. The van der Waals surface area contributed by atoms with Gasteiger partial charge in [-0.1, -0.05) is 12.1 Å². The van der Waals surface area contributed by atoms with Crippen molar-refractivity contribution in [2.45, 2.75) is 12.8 Å². The predicted molar refractivity (Wildman–Crippen MR) is 71.4 cm³/mol. The Morgan fingerprint density at radius 3 is 2.68 bits per heavy atom. The minimum atomic E-state index is -4.64. The maximum absolute atomic E-state index is 12.8. The summed E-state index contributed by atoms with van der Waals surface area (Å²) in [6.07, 6.45) is -4.64. The third-order valence-electron chi connectivity index (χ3n) is 2.90. The highest BCUT2D eigenvalue weighted by Gasteiger charge is 2.37. The van der Waals surface area contributed by atoms with E-state index in [-0.39, 0.29) is 18.1 Å². The van der Waals surface area contributed by atoms with E-state index in [0.29, 0.717) is 15.8 Å². The van der Waals surface area contributed by atoms with E-state index in [0.717, 1.165) is 0 Å². The lowest BCUT2D eigenvalue weighted by Crippen LogP contribution is -2.13. The summed E-state index contributed by atoms with van der Waals surface area (Å²) >= 11 is 0. The standard InChI is InChI=1S/C13H10F3N5O/c14-13(15,16)12-19-18-11-5-4-10(20-21(11)12)17-9-3-1-2-8(6-9)7-22/h1-6,22H,7H2,(H,17,20). The minimum absolute atomic E-state index is 0.00184. The third kappa shape index (κ3) is 2.70. The van der Waals surface area contributed by atoms with Crippen molar-refractivity contribution in [1.29, 1.82) is 0 Å². The van der Waals surface area contributed by atoms with Gasteiger partial charge in [0, 0.05) is 5.69 Å². The molecule has 22 heavy (non-hydrogen) atoms. The molecule has 0 fully saturated rings. The summed E-state index contributed by atoms with van der Waals surface area (Å²) in [6, 6.07) is 9.70. The van der Waals surface area contributed by atoms with Gasteiger partial charge in [0.1, 0.15) is 0 Å². The highest BCUT2D eigenvalue weighted by atomic mass is 19.4. The van der Waals surface area contributed by atoms with Gasteiger partial charge in [-0.25, -0.2) is 0 Å². The Labute approximate surface area is 122 Å². The van der Waals surface area contributed by atoms with Crippen LogP contribution in [-0.4, -0.2) is 24.9 Å². The Bertz CT molecular complexity index is 815. The Morgan fingerprint density at radius 2 is 1.95 bits per heavy atom. The van der Waals surface area contributed by atoms with Crippen molar-refractivity contribution in [3.63, 3.8) is 0 Å². The number of nitrogens with zero attached hydrogens (tertiary/aromatic N) is 4. The maximum Gasteiger partial charge on any atom is 0.453 e. The molecular formula is C13H10F3N5O. The van der Waals surface area contributed by atoms with E-state index >= 15 is 0 Å². The summed E-state index contributed by atoms with van der Waals surface area (Å²) in [4.78, 5) is 0. The minimum Gasteiger partial charge on any atom is -0.392 e. The zero-order chi connectivity index (χ0) is 15.7. The van der Waals surface area contributed by atoms with E-state index in [1.165, 1.54) is 12.1 Å². The van der Waals surface area contributed by atoms with E-state index in [1.807, 2.05) is 0 Å². The molecule has 0 aliphatic heterocycles. The van der Waals surface area contributed by atoms with Gasteiger partial charge in [-0.05, 0) is 29.8 Å². The van der Waals surface area contributed by atoms with Crippen molar-refractivity contribution in [3.8, 4) is 0 Å². The van der Waals surface area contributed by atoms with Crippen LogP contribution in [0.1, 0.15) is 11.4 Å². The number of aliphatic hydroxyl groups excluding tert-OH is 1. The van der Waals surface area contributed by atoms with Crippen molar-refractivity contribution in [1.82, 2.24) is 19.8 Å². The van der Waals surface area contributed by atoms with E-state index in [4.69, 9.17) is 5.11 Å². The number of anilines is 2. The Hall–Kier alpha value is -2.68. The molecule has 0 bridgehead atoms. The molecule has 9 heteroatoms. The van der Waals surface area contributed by atoms with Crippen molar-refractivity contribution < 1.29 is 18.3 Å². The van der Waals surface area contributed by atoms with Gasteiger partial charge < -0.3 is 10.4 Å². The SMILES string of the molecule is OCc1cccc(Nc2ccc3nnc(C(F)(F)F)n3n2)c1. The van der Waals surface area contributed by atoms with Gasteiger partial charge in [0.2, 0.25) is 0 Å². The van der Waals surface area contributed by atoms with Crippen molar-refractivity contribution >= 4 is 17.2 Å². The molecule has 0 amide bonds. The van der Waals surface area contributed by atoms with Crippen molar-refractivity contribution in [3.05, 3.63) is 47.8 Å². The molecule has 0 saturated heterocycles. The highest BCUT2D eigenvalue weighted by molar-refractivity contribution is 5.58. The molecule has 2 aromatic heterocycles. The average molecular weight is 309 g/mol. The number of halogens is 3. The molecule has 1 aromatic carbocycles. The van der Waals surface area contributed by atoms with Crippen LogP contribution in [-0.2, 0) is 12.8 Å². The summed E-state index contributed by atoms with van der Waals surface area (Å²) < 4.78 is 39.0. The summed E-state index contributed by atoms with van der Waals surface area (Å²) in [5.74, 6) is -0.983. The molecule has 2 N–H and O–H groups in total. The molecule has 0 saturated carbocycles. The number of benzene rings is 1. The second-order valence-corrected chi connectivity index (χ2v) is 4.49. The Kier molecular flexibility index (Phi) is 3.41. The Balaban J connectivity index is 1.97. The van der Waals surface area contributed by atoms with Crippen LogP contribution < -0.4 is 5.32 Å². The number of rotatable bonds is 3. The fraction of sp³-hybridized carbons (Fsp3) is 0.154. The smallest absolute Gasteiger partial charge is 0.392 e. The van der Waals surface area contributed by atoms with E-state index in [9.17, 15) is 13.2 Å². The first-order valence-corrected chi connectivity index (χ1v) is 6.24. The second-order valence-electron chi connectivity index (χ2n) is 4.49. The monoisotopic (exact) mass is 309 g/mol. The first kappa shape index (κ1) is 14.3. The fourth-order valence-corrected chi connectivity index (χ4v) is 1.93. The van der Waals surface area contributed by atoms with Crippen LogP contribution in [0.3, 0.4) is 0 Å². The van der Waals surface area contributed by atoms with Crippen LogP contribution in [0.2, 0.25) is 0 Å². The van der Waals surface area contributed by atoms with Crippen LogP contribution >= 0.6 is 0 Å². The molecule has 114 valence electrons. The summed E-state index contributed by atoms with van der Waals surface area (Å²) in [6.45, 7) is -0.133. The molecule has 0 atom stereocenters. The van der Waals surface area contributed by atoms with Gasteiger partial charge in [-0.15, -0.1) is 15.3 Å². The topological polar surface area (TPSA) is 75.3 Å². The van der Waals surface area contributed by atoms with Gasteiger partial charge in [-0.3, -0.25) is 0 Å². The summed E-state index contributed by atoms with van der Waals surface area (Å²) in [5.41, 5.74) is 1.27. The third-order valence-corrected chi connectivity index (χ3v) is 2.90. The van der Waals surface area contributed by atoms with Crippen LogP contribution in [0.4, 0.5) is 24.7 Å². The number of aromatic nitrogens is 4. The molecule has 0 aliphatic carbocycles. The van der Waals surface area contributed by atoms with Crippen LogP contribution in [0.5, 0.6) is 0 Å². The normalized spacial score (nSPS) is 11.8. The zero-order valence-electron chi connectivity index (χ0n) is 11.0. The summed E-state index contributed by atoms with van der Waals surface area (Å²) in [7, 11) is 0. The highest BCUT2D eigenvalue weighted by Crippen LogP contribution is 2.27. The molecule has 3 rings (SSSR count).